The zero-order chi connectivity index (χ0) is 93.8. The number of carbonyl (C=O) groups is 6. The van der Waals surface area contributed by atoms with E-state index in [9.17, 15) is 28.8 Å². The fourth-order valence-electron chi connectivity index (χ4n) is 13.5. The van der Waals surface area contributed by atoms with E-state index in [1.165, 1.54) is 31.3 Å². The molecule has 0 bridgehead atoms. The van der Waals surface area contributed by atoms with Crippen LogP contribution in [-0.4, -0.2) is 169 Å². The molecule has 0 radical (unpaired) electrons. The number of nitrogens with one attached hydrogen (secondary N) is 3. The van der Waals surface area contributed by atoms with Gasteiger partial charge in [0.15, 0.2) is 0 Å². The molecule has 2 aliphatic heterocycles. The summed E-state index contributed by atoms with van der Waals surface area (Å²) in [7, 11) is 0. The minimum Gasteiger partial charge on any atom is -0.480 e. The number of carboxylic acids is 1. The van der Waals surface area contributed by atoms with Gasteiger partial charge in [0, 0.05) is 94.1 Å². The van der Waals surface area contributed by atoms with Crippen LogP contribution < -0.4 is 38.9 Å². The lowest BCUT2D eigenvalue weighted by molar-refractivity contribution is -0.163. The van der Waals surface area contributed by atoms with Crippen molar-refractivity contribution in [1.29, 1.82) is 0 Å². The van der Waals surface area contributed by atoms with Gasteiger partial charge in [0.1, 0.15) is 76.4 Å². The number of hydrogen-bond acceptors (Lipinski definition) is 25. The molecule has 41 heteroatoms. The van der Waals surface area contributed by atoms with Crippen LogP contribution >= 0.6 is 109 Å². The quantitative estimate of drug-likeness (QED) is 0.0195. The Morgan fingerprint density at radius 2 is 0.767 bits per heavy atom. The monoisotopic (exact) mass is 1980 g/mol. The number of nitrogens with two attached hydrogens (primary N) is 4. The van der Waals surface area contributed by atoms with Crippen LogP contribution in [-0.2, 0) is 109 Å². The summed E-state index contributed by atoms with van der Waals surface area (Å²) in [4.78, 5) is 111. The molecule has 2 saturated heterocycles. The number of piperidine rings is 2. The summed E-state index contributed by atoms with van der Waals surface area (Å²) < 4.78 is 21.6. The second-order valence-corrected chi connectivity index (χ2v) is 37.2. The molecule has 0 spiro atoms. The highest BCUT2D eigenvalue weighted by Gasteiger charge is 2.41. The first-order valence-electron chi connectivity index (χ1n) is 40.9. The Morgan fingerprint density at radius 3 is 1.12 bits per heavy atom. The number of benzene rings is 4. The fraction of sp³-hybridized carbons (Fsp3) is 0.375. The lowest BCUT2D eigenvalue weighted by Crippen LogP contribution is -2.57. The molecule has 2 aliphatic rings. The van der Waals surface area contributed by atoms with Crippen molar-refractivity contribution in [2.75, 3.05) is 36.0 Å². The molecule has 4 atom stereocenters. The minimum atomic E-state index is -0.972. The number of aliphatic carboxylic acids is 1. The van der Waals surface area contributed by atoms with Crippen molar-refractivity contribution in [3.05, 3.63) is 225 Å². The molecule has 3 amide bonds. The summed E-state index contributed by atoms with van der Waals surface area (Å²) in [5.74, 6) is -0.919. The van der Waals surface area contributed by atoms with Gasteiger partial charge in [0.25, 0.3) is 0 Å². The predicted octanol–water partition coefficient (Wildman–Crippen LogP) is 15.8. The van der Waals surface area contributed by atoms with Crippen LogP contribution in [0.4, 0.5) is 28.1 Å². The number of carboxylic acid groups (broad SMARTS) is 1. The number of halogens is 9. The molecule has 4 aromatic carbocycles. The topological polar surface area (TPSA) is 450 Å². The molecule has 0 saturated carbocycles. The smallest absolute Gasteiger partial charge is 0.411 e. The zero-order valence-electron chi connectivity index (χ0n) is 72.1. The number of aromatic nitrogens is 14. The number of hydrogen-bond donors (Lipinski definition) is 8. The number of likely N-dealkylation sites (tertiary alicyclic amines) is 1. The van der Waals surface area contributed by atoms with Gasteiger partial charge in [0.05, 0.1) is 83.2 Å². The van der Waals surface area contributed by atoms with Gasteiger partial charge in [-0.1, -0.05) is 117 Å². The maximum atomic E-state index is 13.1. The normalized spacial score (nSPS) is 15.0. The molecular formula is C88H99BrCl8N22O10. The molecule has 32 nitrogen and oxygen atoms in total. The Bertz CT molecular complexity index is 5730. The molecular weight excluding hydrogens is 1890 g/mol. The summed E-state index contributed by atoms with van der Waals surface area (Å²) in [6, 6.07) is 19.7. The summed E-state index contributed by atoms with van der Waals surface area (Å²) in [5.41, 5.74) is 31.5. The van der Waals surface area contributed by atoms with Crippen LogP contribution in [0.5, 0.6) is 0 Å². The van der Waals surface area contributed by atoms with E-state index in [0.29, 0.717) is 190 Å². The van der Waals surface area contributed by atoms with E-state index in [0.717, 1.165) is 34.4 Å². The van der Waals surface area contributed by atoms with Crippen molar-refractivity contribution in [2.24, 2.45) is 0 Å². The lowest BCUT2D eigenvalue weighted by Gasteiger charge is -2.39. The van der Waals surface area contributed by atoms with Crippen molar-refractivity contribution in [2.45, 2.75) is 200 Å². The van der Waals surface area contributed by atoms with Gasteiger partial charge < -0.3 is 58.2 Å². The number of nitrogens with zero attached hydrogens (tertiary/aromatic N) is 15. The highest BCUT2D eigenvalue weighted by atomic mass is 79.9. The molecule has 13 rings (SSSR count). The first kappa shape index (κ1) is 101. The van der Waals surface area contributed by atoms with E-state index in [1.54, 1.807) is 146 Å². The van der Waals surface area contributed by atoms with Gasteiger partial charge in [0.2, 0.25) is 11.8 Å². The van der Waals surface area contributed by atoms with Crippen molar-refractivity contribution >= 4 is 168 Å². The molecule has 12 N–H and O–H groups in total. The number of carbonyl (C=O) groups excluding carboxylic acids is 5. The van der Waals surface area contributed by atoms with Gasteiger partial charge in [-0.05, 0) is 233 Å². The molecule has 2 fully saturated rings. The number of rotatable bonds is 25. The number of nitrogen functional groups attached to an aromatic ring is 4. The van der Waals surface area contributed by atoms with Crippen LogP contribution in [0.3, 0.4) is 0 Å². The van der Waals surface area contributed by atoms with Crippen LogP contribution in [0, 0.1) is 0 Å². The average Bonchev–Trinajstić information content (AvgIpc) is 1.46. The molecule has 0 aliphatic carbocycles. The largest absolute Gasteiger partial charge is 0.480 e. The van der Waals surface area contributed by atoms with Gasteiger partial charge in [-0.25, -0.2) is 49.5 Å². The first-order valence-corrected chi connectivity index (χ1v) is 44.7. The van der Waals surface area contributed by atoms with Crippen LogP contribution in [0.25, 0.3) is 33.8 Å². The number of amides is 3. The third kappa shape index (κ3) is 30.5. The van der Waals surface area contributed by atoms with E-state index in [-0.39, 0.29) is 62.5 Å². The van der Waals surface area contributed by atoms with Crippen molar-refractivity contribution in [3.8, 4) is 33.8 Å². The highest BCUT2D eigenvalue weighted by Crippen LogP contribution is 2.34. The Balaban J connectivity index is 0.000000188. The molecule has 2 unspecified atom stereocenters. The summed E-state index contributed by atoms with van der Waals surface area (Å²) in [5, 5.41) is 35.4. The average molecular weight is 1990 g/mol. The summed E-state index contributed by atoms with van der Waals surface area (Å²) in [6.45, 7) is 16.6. The predicted molar refractivity (Wildman–Crippen MR) is 503 cm³/mol. The standard InChI is InChI=1S/C32H41Cl2N7O5.C27H33Cl2N7O3.C17H15Cl2N5O2.C12H10BrCl2N3/c1-31(2,3)45-29(43)26-14-20(12-13-41(26)30(44)46-32(4,5)6)38-27(42)18-40-17-19(15-37-40)25-16-36-28(35)24(39-25)11-10-21-22(33)8-7-9-23(21)34;1-27(2,3)39-26(38)22-11-17(9-10-31-22)34-24(37)15-36-14-16(12-33-36)23-13-32-25(30)21(35-23)8-7-18-19(28)5-4-6-20(18)29;18-12-2-1-3-13(19)11(12)4-5-14-17(20)21-7-15(23-14)10-6-22-24(8-10)9-16(25)26;13-11-6-17-12(16)10(18-11)5-4-7-8(14)2-1-3-9(7)15/h7-9,15-17,20,26H,10-14,18H2,1-6H3,(H2,35,36)(H,38,42);4-6,12-14,17,22,31H,7-11,15H2,1-3H3,(H2,30,32)(H,34,37);1-3,6-8H,4-5,9H2,(H2,20,21)(H,25,26);1-3,6H,4-5H2,(H2,16,17)/t20?,26-;17?,22-;;/m11../s1. The number of aryl methyl sites for hydroxylation is 4. The van der Waals surface area contributed by atoms with Crippen LogP contribution in [0.1, 0.15) is 133 Å². The Kier molecular flexibility index (Phi) is 35.7. The van der Waals surface area contributed by atoms with E-state index >= 15 is 0 Å². The number of anilines is 4. The number of ether oxygens (including phenoxy) is 3. The van der Waals surface area contributed by atoms with E-state index in [2.05, 4.69) is 87.0 Å². The Hall–Kier alpha value is -10.6. The lowest BCUT2D eigenvalue weighted by atomic mass is 9.97. The Labute approximate surface area is 794 Å². The van der Waals surface area contributed by atoms with Gasteiger partial charge in [-0.3, -0.25) is 38.1 Å². The fourth-order valence-corrected chi connectivity index (χ4v) is 16.2. The third-order valence-electron chi connectivity index (χ3n) is 19.6. The van der Waals surface area contributed by atoms with E-state index in [4.69, 9.17) is 135 Å². The minimum absolute atomic E-state index is 0.0291. The molecule has 11 aromatic rings. The second-order valence-electron chi connectivity index (χ2n) is 33.1. The van der Waals surface area contributed by atoms with Gasteiger partial charge in [-0.15, -0.1) is 0 Å². The molecule has 684 valence electrons. The summed E-state index contributed by atoms with van der Waals surface area (Å²) >= 11 is 53.1. The van der Waals surface area contributed by atoms with E-state index in [1.807, 2.05) is 39.0 Å². The van der Waals surface area contributed by atoms with Crippen molar-refractivity contribution in [3.63, 3.8) is 0 Å². The van der Waals surface area contributed by atoms with Gasteiger partial charge in [-0.2, -0.15) is 15.3 Å². The zero-order valence-corrected chi connectivity index (χ0v) is 79.7. The maximum Gasteiger partial charge on any atom is 0.411 e. The second kappa shape index (κ2) is 45.8. The van der Waals surface area contributed by atoms with Crippen LogP contribution in [0.15, 0.2) is 139 Å². The Morgan fingerprint density at radius 1 is 0.442 bits per heavy atom. The highest BCUT2D eigenvalue weighted by molar-refractivity contribution is 9.10. The number of esters is 2. The van der Waals surface area contributed by atoms with Crippen molar-refractivity contribution in [1.82, 2.24) is 90.1 Å². The first-order chi connectivity index (χ1) is 61.0. The van der Waals surface area contributed by atoms with Gasteiger partial charge >= 0.3 is 24.0 Å². The molecule has 9 heterocycles. The van der Waals surface area contributed by atoms with Crippen molar-refractivity contribution < 1.29 is 48.1 Å². The summed E-state index contributed by atoms with van der Waals surface area (Å²) in [6.07, 6.45) is 21.7. The van der Waals surface area contributed by atoms with E-state index < -0.39 is 46.9 Å². The SMILES string of the molecule is CC(C)(C)OC(=O)[C@H]1CC(NC(=O)Cn2cc(-c3cnc(N)c(CCc4c(Cl)cccc4Cl)n3)cn2)CCN1.CC(C)(C)OC(=O)[C@H]1CC(NC(=O)Cn2cc(-c3cnc(N)c(CCc4c(Cl)cccc4Cl)n3)cn2)CCN1C(=O)OC(C)(C)C.Nc1ncc(-c2cnn(CC(=O)O)c2)nc1CCc1c(Cl)cccc1Cl.Nc1ncc(Br)nc1CCc1c(Cl)cccc1Cl. The third-order valence-corrected chi connectivity index (χ3v) is 22.8. The molecule has 129 heavy (non-hydrogen) atoms. The molecule has 7 aromatic heterocycles. The maximum absolute atomic E-state index is 13.1. The van der Waals surface area contributed by atoms with Crippen LogP contribution in [0.2, 0.25) is 40.2 Å².